The van der Waals surface area contributed by atoms with Gasteiger partial charge in [0.25, 0.3) is 0 Å². The summed E-state index contributed by atoms with van der Waals surface area (Å²) in [6.07, 6.45) is 2.29. The highest BCUT2D eigenvalue weighted by Crippen LogP contribution is 2.59. The van der Waals surface area contributed by atoms with Gasteiger partial charge in [0.1, 0.15) is 11.3 Å². The molecule has 4 heterocycles. The fourth-order valence-electron chi connectivity index (χ4n) is 13.9. The van der Waals surface area contributed by atoms with Crippen molar-refractivity contribution in [1.29, 1.82) is 0 Å². The normalized spacial score (nSPS) is 15.8. The molecule has 12 aromatic rings. The topological polar surface area (TPSA) is 30.1 Å². The summed E-state index contributed by atoms with van der Waals surface area (Å²) in [6, 6.07) is 63.9. The van der Waals surface area contributed by atoms with E-state index in [0.29, 0.717) is 0 Å². The number of hydrogen-bond donors (Lipinski definition) is 1. The second-order valence-electron chi connectivity index (χ2n) is 25.0. The first kappa shape index (κ1) is 45.8. The van der Waals surface area contributed by atoms with Gasteiger partial charge in [-0.3, -0.25) is 0 Å². The van der Waals surface area contributed by atoms with Crippen molar-refractivity contribution in [2.24, 2.45) is 0 Å². The van der Waals surface area contributed by atoms with Crippen LogP contribution in [0.25, 0.3) is 103 Å². The van der Waals surface area contributed by atoms with Crippen LogP contribution in [0, 0.1) is 0 Å². The SMILES string of the molecule is CC(C)(C)c1ccc(Nc2cc3sc4ccccc4c3cc2-c2c3c(c4c5cc6c(cc5n5c4c2[B]c2cc4oc(-c7ccccc7)c(-c7ccccc7)c4cc2-5)C(C)(C)CCC6(C)C)C(C)(C)c2ccccc2-3)cc1. The van der Waals surface area contributed by atoms with Gasteiger partial charge in [0.15, 0.2) is 7.28 Å². The molecule has 9 aromatic carbocycles. The van der Waals surface area contributed by atoms with Crippen LogP contribution in [0.2, 0.25) is 0 Å². The lowest BCUT2D eigenvalue weighted by atomic mass is 9.57. The minimum atomic E-state index is -0.321. The maximum atomic E-state index is 7.18. The molecule has 0 fully saturated rings. The lowest BCUT2D eigenvalue weighted by Crippen LogP contribution is -2.38. The Balaban J connectivity index is 1.12. The fraction of sp³-hybridized carbons (Fsp3) is 0.211. The molecule has 0 saturated heterocycles. The Kier molecular flexibility index (Phi) is 9.48. The minimum absolute atomic E-state index is 0.00873. The number of hydrogen-bond acceptors (Lipinski definition) is 3. The molecule has 1 radical (unpaired) electrons. The number of benzene rings is 9. The number of aromatic nitrogens is 1. The molecule has 0 unspecified atom stereocenters. The van der Waals surface area contributed by atoms with E-state index < -0.39 is 0 Å². The van der Waals surface area contributed by atoms with Gasteiger partial charge in [-0.1, -0.05) is 183 Å². The highest BCUT2D eigenvalue weighted by Gasteiger charge is 2.45. The Bertz CT molecular complexity index is 4440. The minimum Gasteiger partial charge on any atom is -0.455 e. The zero-order valence-corrected chi connectivity index (χ0v) is 45.7. The van der Waals surface area contributed by atoms with Gasteiger partial charge in [-0.15, -0.1) is 11.3 Å². The van der Waals surface area contributed by atoms with E-state index in [0.717, 1.165) is 63.1 Å². The standard InChI is InChI=1S/C71H60BN2OS/c1-68(2,3)42-28-30-43(31-29-42)73-54-39-59-46(44-24-17-19-27-58(44)76-59)34-47(54)62-61-45-25-16-18-26-50(45)71(8,9)64(61)63-48-35-51-52(70(6,7)33-32-69(51,4)5)37-55(48)74-56-36-49-57(38-53(56)72-65(62)66(63)74)75-67(41-22-14-11-15-23-41)60(49)40-20-12-10-13-21-40/h10-31,34-39,73H,32-33H2,1-9H3. The molecule has 76 heavy (non-hydrogen) atoms. The van der Waals surface area contributed by atoms with E-state index in [-0.39, 0.29) is 21.7 Å². The van der Waals surface area contributed by atoms with E-state index in [1.807, 2.05) is 11.3 Å². The monoisotopic (exact) mass is 999 g/mol. The number of fused-ring (bicyclic) bond motifs is 14. The molecular formula is C71H60BN2OS. The van der Waals surface area contributed by atoms with Crippen LogP contribution in [0.3, 0.4) is 0 Å². The molecule has 5 heteroatoms. The Labute approximate surface area is 450 Å². The third kappa shape index (κ3) is 6.48. The molecule has 15 rings (SSSR count). The summed E-state index contributed by atoms with van der Waals surface area (Å²) in [5.74, 6) is 0.891. The highest BCUT2D eigenvalue weighted by atomic mass is 32.1. The molecule has 3 nitrogen and oxygen atoms in total. The number of rotatable bonds is 5. The quantitative estimate of drug-likeness (QED) is 0.174. The Morgan fingerprint density at radius 2 is 1.24 bits per heavy atom. The lowest BCUT2D eigenvalue weighted by Gasteiger charge is -2.42. The summed E-state index contributed by atoms with van der Waals surface area (Å²) in [6.45, 7) is 21.7. The van der Waals surface area contributed by atoms with E-state index in [1.165, 1.54) is 103 Å². The zero-order chi connectivity index (χ0) is 51.8. The predicted octanol–water partition coefficient (Wildman–Crippen LogP) is 18.6. The molecule has 1 N–H and O–H groups in total. The second kappa shape index (κ2) is 15.7. The van der Waals surface area contributed by atoms with Crippen LogP contribution < -0.4 is 16.2 Å². The van der Waals surface area contributed by atoms with Crippen LogP contribution in [0.15, 0.2) is 174 Å². The van der Waals surface area contributed by atoms with Crippen molar-refractivity contribution in [3.8, 4) is 50.4 Å². The first-order chi connectivity index (χ1) is 36.5. The Morgan fingerprint density at radius 1 is 0.566 bits per heavy atom. The number of nitrogens with zero attached hydrogens (tertiary/aromatic N) is 1. The predicted molar refractivity (Wildman–Crippen MR) is 326 cm³/mol. The second-order valence-corrected chi connectivity index (χ2v) is 26.1. The molecule has 0 spiro atoms. The summed E-state index contributed by atoms with van der Waals surface area (Å²) in [5.41, 5.74) is 24.4. The number of thiophene rings is 1. The van der Waals surface area contributed by atoms with Crippen molar-refractivity contribution in [3.05, 3.63) is 198 Å². The molecule has 0 amide bonds. The summed E-state index contributed by atoms with van der Waals surface area (Å²) >= 11 is 1.88. The van der Waals surface area contributed by atoms with Gasteiger partial charge in [0.2, 0.25) is 0 Å². The molecule has 369 valence electrons. The van der Waals surface area contributed by atoms with Gasteiger partial charge in [-0.2, -0.15) is 0 Å². The maximum Gasteiger partial charge on any atom is 0.198 e. The molecule has 2 aliphatic carbocycles. The van der Waals surface area contributed by atoms with E-state index >= 15 is 0 Å². The van der Waals surface area contributed by atoms with Crippen LogP contribution in [0.4, 0.5) is 11.4 Å². The van der Waals surface area contributed by atoms with E-state index in [1.54, 1.807) is 0 Å². The van der Waals surface area contributed by atoms with E-state index in [2.05, 4.69) is 249 Å². The lowest BCUT2D eigenvalue weighted by molar-refractivity contribution is 0.332. The van der Waals surface area contributed by atoms with E-state index in [9.17, 15) is 0 Å². The van der Waals surface area contributed by atoms with Gasteiger partial charge in [-0.05, 0) is 139 Å². The smallest absolute Gasteiger partial charge is 0.198 e. The Hall–Kier alpha value is -7.60. The first-order valence-corrected chi connectivity index (χ1v) is 28.1. The van der Waals surface area contributed by atoms with Crippen molar-refractivity contribution >= 4 is 93.9 Å². The van der Waals surface area contributed by atoms with Gasteiger partial charge < -0.3 is 14.3 Å². The molecule has 3 aliphatic rings. The summed E-state index contributed by atoms with van der Waals surface area (Å²) in [5, 5.41) is 10.5. The van der Waals surface area contributed by atoms with Crippen LogP contribution in [0.5, 0.6) is 0 Å². The van der Waals surface area contributed by atoms with E-state index in [4.69, 9.17) is 4.42 Å². The molecule has 3 aromatic heterocycles. The average Bonchev–Trinajstić information content (AvgIpc) is 4.32. The van der Waals surface area contributed by atoms with Crippen LogP contribution in [-0.2, 0) is 21.7 Å². The van der Waals surface area contributed by atoms with Crippen molar-refractivity contribution in [2.45, 2.75) is 96.8 Å². The van der Waals surface area contributed by atoms with Crippen LogP contribution >= 0.6 is 11.3 Å². The zero-order valence-electron chi connectivity index (χ0n) is 44.9. The van der Waals surface area contributed by atoms with Gasteiger partial charge in [-0.25, -0.2) is 0 Å². The molecule has 1 aliphatic heterocycles. The third-order valence-corrected chi connectivity index (χ3v) is 19.1. The van der Waals surface area contributed by atoms with Gasteiger partial charge in [0, 0.05) is 81.0 Å². The maximum absolute atomic E-state index is 7.18. The number of furan rings is 1. The van der Waals surface area contributed by atoms with Crippen molar-refractivity contribution < 1.29 is 4.42 Å². The Morgan fingerprint density at radius 3 is 1.97 bits per heavy atom. The average molecular weight is 1000 g/mol. The first-order valence-electron chi connectivity index (χ1n) is 27.3. The summed E-state index contributed by atoms with van der Waals surface area (Å²) in [7, 11) is 2.53. The van der Waals surface area contributed by atoms with Gasteiger partial charge >= 0.3 is 0 Å². The van der Waals surface area contributed by atoms with Gasteiger partial charge in [0.05, 0.1) is 5.52 Å². The molecule has 0 saturated carbocycles. The number of nitrogens with one attached hydrogen (secondary N) is 1. The summed E-state index contributed by atoms with van der Waals surface area (Å²) < 4.78 is 12.4. The molecular weight excluding hydrogens is 940 g/mol. The van der Waals surface area contributed by atoms with Crippen LogP contribution in [0.1, 0.15) is 103 Å². The third-order valence-electron chi connectivity index (χ3n) is 18.0. The molecule has 0 atom stereocenters. The largest absolute Gasteiger partial charge is 0.455 e. The van der Waals surface area contributed by atoms with Crippen LogP contribution in [-0.4, -0.2) is 11.8 Å². The van der Waals surface area contributed by atoms with Crippen molar-refractivity contribution in [1.82, 2.24) is 4.57 Å². The summed E-state index contributed by atoms with van der Waals surface area (Å²) in [4.78, 5) is 0. The molecule has 0 bridgehead atoms. The fourth-order valence-corrected chi connectivity index (χ4v) is 15.0. The van der Waals surface area contributed by atoms with Crippen molar-refractivity contribution in [2.75, 3.05) is 5.32 Å². The number of anilines is 2. The highest BCUT2D eigenvalue weighted by molar-refractivity contribution is 7.25. The van der Waals surface area contributed by atoms with Crippen molar-refractivity contribution in [3.63, 3.8) is 0 Å².